The third kappa shape index (κ3) is 3.86. The van der Waals surface area contributed by atoms with Crippen LogP contribution in [0.25, 0.3) is 0 Å². The molecule has 1 rings (SSSR count). The van der Waals surface area contributed by atoms with Crippen molar-refractivity contribution in [2.45, 2.75) is 11.6 Å². The molecule has 0 aliphatic carbocycles. The van der Waals surface area contributed by atoms with Gasteiger partial charge in [-0.25, -0.2) is 15.8 Å². The Morgan fingerprint density at radius 2 is 2.23 bits per heavy atom. The Bertz CT molecular complexity index is 266. The van der Waals surface area contributed by atoms with E-state index in [0.717, 1.165) is 0 Å². The molecule has 0 atom stereocenters. The Labute approximate surface area is 80.1 Å². The molecule has 6 heteroatoms. The quantitative estimate of drug-likeness (QED) is 0.233. The van der Waals surface area contributed by atoms with Gasteiger partial charge in [0.25, 0.3) is 0 Å². The van der Waals surface area contributed by atoms with Crippen molar-refractivity contribution in [3.63, 3.8) is 0 Å². The lowest BCUT2D eigenvalue weighted by Gasteiger charge is -1.98. The second kappa shape index (κ2) is 5.50. The second-order valence-electron chi connectivity index (χ2n) is 2.20. The maximum Gasteiger partial charge on any atom is 0.234 e. The van der Waals surface area contributed by atoms with E-state index in [1.165, 1.54) is 11.8 Å². The zero-order valence-electron chi connectivity index (χ0n) is 6.93. The summed E-state index contributed by atoms with van der Waals surface area (Å²) < 4.78 is 0. The monoisotopic (exact) mass is 198 g/mol. The highest BCUT2D eigenvalue weighted by Crippen LogP contribution is 2.11. The number of nitrogens with zero attached hydrogens (tertiary/aromatic N) is 2. The molecule has 0 aromatic carbocycles. The number of amides is 1. The van der Waals surface area contributed by atoms with E-state index in [-0.39, 0.29) is 5.91 Å². The number of aromatic nitrogens is 2. The topological polar surface area (TPSA) is 80.9 Å². The van der Waals surface area contributed by atoms with E-state index in [1.807, 2.05) is 0 Å². The summed E-state index contributed by atoms with van der Waals surface area (Å²) >= 11 is 1.43. The Hall–Kier alpha value is -1.14. The van der Waals surface area contributed by atoms with Crippen LogP contribution in [0, 0.1) is 0 Å². The summed E-state index contributed by atoms with van der Waals surface area (Å²) in [6, 6.07) is 1.75. The predicted octanol–water partition coefficient (Wildman–Crippen LogP) is -0.0513. The fraction of sp³-hybridized carbons (Fsp3) is 0.286. The van der Waals surface area contributed by atoms with Crippen LogP contribution in [-0.2, 0) is 4.79 Å². The number of rotatable bonds is 4. The van der Waals surface area contributed by atoms with Crippen molar-refractivity contribution in [1.82, 2.24) is 15.4 Å². The molecule has 1 amide bonds. The van der Waals surface area contributed by atoms with Crippen LogP contribution in [0.3, 0.4) is 0 Å². The van der Waals surface area contributed by atoms with Crippen LogP contribution >= 0.6 is 11.8 Å². The van der Waals surface area contributed by atoms with Crippen molar-refractivity contribution < 1.29 is 4.79 Å². The summed E-state index contributed by atoms with van der Waals surface area (Å²) in [7, 11) is 0. The minimum Gasteiger partial charge on any atom is -0.294 e. The van der Waals surface area contributed by atoms with Crippen LogP contribution in [0.1, 0.15) is 6.42 Å². The average Bonchev–Trinajstić information content (AvgIpc) is 2.19. The summed E-state index contributed by atoms with van der Waals surface area (Å²) in [4.78, 5) is 18.7. The SMILES string of the molecule is NNC(=O)CCSc1ncccn1. The van der Waals surface area contributed by atoms with Crippen molar-refractivity contribution in [3.8, 4) is 0 Å². The van der Waals surface area contributed by atoms with Gasteiger partial charge in [-0.05, 0) is 6.07 Å². The normalized spacial score (nSPS) is 9.62. The minimum absolute atomic E-state index is 0.177. The molecule has 0 radical (unpaired) electrons. The lowest BCUT2D eigenvalue weighted by atomic mass is 10.5. The molecule has 70 valence electrons. The van der Waals surface area contributed by atoms with Gasteiger partial charge in [-0.15, -0.1) is 0 Å². The molecular weight excluding hydrogens is 188 g/mol. The van der Waals surface area contributed by atoms with E-state index in [4.69, 9.17) is 5.84 Å². The van der Waals surface area contributed by atoms with Gasteiger partial charge in [-0.3, -0.25) is 10.2 Å². The molecule has 0 aliphatic heterocycles. The Balaban J connectivity index is 2.24. The first-order chi connectivity index (χ1) is 6.33. The first kappa shape index (κ1) is 9.94. The number of hydrazine groups is 1. The summed E-state index contributed by atoms with van der Waals surface area (Å²) in [5, 5.41) is 0.673. The Kier molecular flexibility index (Phi) is 4.20. The molecule has 0 saturated heterocycles. The van der Waals surface area contributed by atoms with Crippen LogP contribution in [0.4, 0.5) is 0 Å². The molecule has 13 heavy (non-hydrogen) atoms. The highest BCUT2D eigenvalue weighted by molar-refractivity contribution is 7.99. The smallest absolute Gasteiger partial charge is 0.234 e. The minimum atomic E-state index is -0.177. The maximum atomic E-state index is 10.7. The van der Waals surface area contributed by atoms with E-state index in [9.17, 15) is 4.79 Å². The molecule has 0 fully saturated rings. The summed E-state index contributed by atoms with van der Waals surface area (Å²) in [6.07, 6.45) is 3.70. The van der Waals surface area contributed by atoms with Crippen LogP contribution in [0.2, 0.25) is 0 Å². The van der Waals surface area contributed by atoms with Crippen molar-refractivity contribution in [3.05, 3.63) is 18.5 Å². The molecule has 0 bridgehead atoms. The molecular formula is C7H10N4OS. The van der Waals surface area contributed by atoms with Crippen molar-refractivity contribution in [2.24, 2.45) is 5.84 Å². The second-order valence-corrected chi connectivity index (χ2v) is 3.26. The molecule has 0 spiro atoms. The van der Waals surface area contributed by atoms with Crippen molar-refractivity contribution in [2.75, 3.05) is 5.75 Å². The number of hydrogen-bond acceptors (Lipinski definition) is 5. The molecule has 1 heterocycles. The van der Waals surface area contributed by atoms with E-state index in [1.54, 1.807) is 18.5 Å². The van der Waals surface area contributed by atoms with Crippen LogP contribution in [0.5, 0.6) is 0 Å². The van der Waals surface area contributed by atoms with Crippen LogP contribution < -0.4 is 11.3 Å². The first-order valence-corrected chi connectivity index (χ1v) is 4.71. The fourth-order valence-corrected chi connectivity index (χ4v) is 1.41. The molecule has 0 saturated carbocycles. The molecule has 1 aromatic rings. The third-order valence-electron chi connectivity index (χ3n) is 1.26. The van der Waals surface area contributed by atoms with E-state index in [2.05, 4.69) is 15.4 Å². The first-order valence-electron chi connectivity index (χ1n) is 3.72. The number of nitrogens with two attached hydrogens (primary N) is 1. The maximum absolute atomic E-state index is 10.7. The Morgan fingerprint density at radius 3 is 2.85 bits per heavy atom. The lowest BCUT2D eigenvalue weighted by molar-refractivity contribution is -0.120. The summed E-state index contributed by atoms with van der Waals surface area (Å²) in [5.41, 5.74) is 2.06. The van der Waals surface area contributed by atoms with Gasteiger partial charge >= 0.3 is 0 Å². The molecule has 0 unspecified atom stereocenters. The van der Waals surface area contributed by atoms with Gasteiger partial charge in [0.05, 0.1) is 0 Å². The van der Waals surface area contributed by atoms with E-state index >= 15 is 0 Å². The van der Waals surface area contributed by atoms with Gasteiger partial charge in [0.1, 0.15) is 0 Å². The number of carbonyl (C=O) groups excluding carboxylic acids is 1. The van der Waals surface area contributed by atoms with E-state index < -0.39 is 0 Å². The summed E-state index contributed by atoms with van der Waals surface area (Å²) in [6.45, 7) is 0. The zero-order valence-corrected chi connectivity index (χ0v) is 7.75. The van der Waals surface area contributed by atoms with Gasteiger partial charge in [0.2, 0.25) is 5.91 Å². The van der Waals surface area contributed by atoms with Gasteiger partial charge < -0.3 is 0 Å². The zero-order chi connectivity index (χ0) is 9.52. The average molecular weight is 198 g/mol. The van der Waals surface area contributed by atoms with Gasteiger partial charge in [0.15, 0.2) is 5.16 Å². The molecule has 5 nitrogen and oxygen atoms in total. The van der Waals surface area contributed by atoms with Crippen molar-refractivity contribution >= 4 is 17.7 Å². The molecule has 3 N–H and O–H groups in total. The molecule has 0 aliphatic rings. The highest BCUT2D eigenvalue weighted by Gasteiger charge is 2.00. The molecule has 1 aromatic heterocycles. The van der Waals surface area contributed by atoms with Crippen LogP contribution in [-0.4, -0.2) is 21.6 Å². The number of nitrogens with one attached hydrogen (secondary N) is 1. The van der Waals surface area contributed by atoms with Gasteiger partial charge in [-0.2, -0.15) is 0 Å². The Morgan fingerprint density at radius 1 is 1.54 bits per heavy atom. The fourth-order valence-electron chi connectivity index (χ4n) is 0.667. The van der Waals surface area contributed by atoms with Crippen LogP contribution in [0.15, 0.2) is 23.6 Å². The third-order valence-corrected chi connectivity index (χ3v) is 2.14. The number of carbonyl (C=O) groups is 1. The largest absolute Gasteiger partial charge is 0.294 e. The highest BCUT2D eigenvalue weighted by atomic mass is 32.2. The lowest BCUT2D eigenvalue weighted by Crippen LogP contribution is -2.30. The number of thioether (sulfide) groups is 1. The van der Waals surface area contributed by atoms with Gasteiger partial charge in [0, 0.05) is 24.6 Å². The predicted molar refractivity (Wildman–Crippen MR) is 49.7 cm³/mol. The van der Waals surface area contributed by atoms with Crippen molar-refractivity contribution in [1.29, 1.82) is 0 Å². The summed E-state index contributed by atoms with van der Waals surface area (Å²) in [5.74, 6) is 5.37. The standard InChI is InChI=1S/C7H10N4OS/c8-11-6(12)2-5-13-7-9-3-1-4-10-7/h1,3-4H,2,5,8H2,(H,11,12). The van der Waals surface area contributed by atoms with Gasteiger partial charge in [-0.1, -0.05) is 11.8 Å². The van der Waals surface area contributed by atoms with E-state index in [0.29, 0.717) is 17.3 Å². The number of hydrogen-bond donors (Lipinski definition) is 2.